The van der Waals surface area contributed by atoms with E-state index in [9.17, 15) is 0 Å². The standard InChI is InChI=1S/C11H19N3O2/c1-9-10(16-13-11(9)15-2)8-14-6-3-4-12-5-7-14/h12H,3-8H2,1-2H3. The van der Waals surface area contributed by atoms with Crippen LogP contribution in [0.25, 0.3) is 0 Å². The molecule has 5 heteroatoms. The third kappa shape index (κ3) is 2.54. The fourth-order valence-electron chi connectivity index (χ4n) is 1.95. The second-order valence-corrected chi connectivity index (χ2v) is 4.12. The van der Waals surface area contributed by atoms with Gasteiger partial charge in [-0.25, -0.2) is 0 Å². The van der Waals surface area contributed by atoms with Crippen molar-refractivity contribution in [3.63, 3.8) is 0 Å². The lowest BCUT2D eigenvalue weighted by Gasteiger charge is -2.17. The van der Waals surface area contributed by atoms with Gasteiger partial charge >= 0.3 is 0 Å². The first-order valence-corrected chi connectivity index (χ1v) is 5.73. The van der Waals surface area contributed by atoms with Gasteiger partial charge in [-0.05, 0) is 31.6 Å². The van der Waals surface area contributed by atoms with Gasteiger partial charge in [-0.1, -0.05) is 0 Å². The van der Waals surface area contributed by atoms with Gasteiger partial charge in [0, 0.05) is 13.1 Å². The molecule has 2 heterocycles. The summed E-state index contributed by atoms with van der Waals surface area (Å²) >= 11 is 0. The van der Waals surface area contributed by atoms with Crippen LogP contribution in [0.1, 0.15) is 17.7 Å². The Balaban J connectivity index is 1.99. The van der Waals surface area contributed by atoms with Crippen LogP contribution in [0.4, 0.5) is 0 Å². The molecule has 0 bridgehead atoms. The van der Waals surface area contributed by atoms with Gasteiger partial charge in [-0.15, -0.1) is 0 Å². The fourth-order valence-corrected chi connectivity index (χ4v) is 1.95. The van der Waals surface area contributed by atoms with Gasteiger partial charge in [0.2, 0.25) is 0 Å². The minimum absolute atomic E-state index is 0.600. The summed E-state index contributed by atoms with van der Waals surface area (Å²) in [5, 5.41) is 7.27. The molecule has 0 saturated carbocycles. The minimum Gasteiger partial charge on any atom is -0.479 e. The molecule has 0 radical (unpaired) electrons. The molecule has 2 rings (SSSR count). The molecule has 1 aromatic heterocycles. The third-order valence-corrected chi connectivity index (χ3v) is 2.97. The number of hydrogen-bond acceptors (Lipinski definition) is 5. The number of nitrogens with zero attached hydrogens (tertiary/aromatic N) is 2. The Morgan fingerprint density at radius 3 is 3.06 bits per heavy atom. The monoisotopic (exact) mass is 225 g/mol. The Bertz CT molecular complexity index is 330. The van der Waals surface area contributed by atoms with Gasteiger partial charge in [0.1, 0.15) is 0 Å². The summed E-state index contributed by atoms with van der Waals surface area (Å²) in [5.41, 5.74) is 1.01. The molecular weight excluding hydrogens is 206 g/mol. The van der Waals surface area contributed by atoms with Crippen molar-refractivity contribution in [2.45, 2.75) is 19.9 Å². The zero-order valence-electron chi connectivity index (χ0n) is 9.95. The van der Waals surface area contributed by atoms with E-state index in [4.69, 9.17) is 9.26 Å². The van der Waals surface area contributed by atoms with E-state index in [1.165, 1.54) is 6.42 Å². The first-order chi connectivity index (χ1) is 7.81. The quantitative estimate of drug-likeness (QED) is 0.824. The maximum absolute atomic E-state index is 5.29. The highest BCUT2D eigenvalue weighted by atomic mass is 16.5. The molecule has 0 aliphatic carbocycles. The van der Waals surface area contributed by atoms with Gasteiger partial charge < -0.3 is 14.6 Å². The predicted octanol–water partition coefficient (Wildman–Crippen LogP) is 0.787. The zero-order chi connectivity index (χ0) is 11.4. The molecule has 0 spiro atoms. The molecular formula is C11H19N3O2. The first kappa shape index (κ1) is 11.4. The van der Waals surface area contributed by atoms with Crippen molar-refractivity contribution in [2.75, 3.05) is 33.3 Å². The van der Waals surface area contributed by atoms with E-state index in [0.717, 1.165) is 44.0 Å². The van der Waals surface area contributed by atoms with Crippen molar-refractivity contribution in [1.82, 2.24) is 15.4 Å². The molecule has 90 valence electrons. The van der Waals surface area contributed by atoms with E-state index >= 15 is 0 Å². The lowest BCUT2D eigenvalue weighted by molar-refractivity contribution is 0.240. The number of rotatable bonds is 3. The average molecular weight is 225 g/mol. The third-order valence-electron chi connectivity index (χ3n) is 2.97. The number of methoxy groups -OCH3 is 1. The Labute approximate surface area is 95.7 Å². The Kier molecular flexibility index (Phi) is 3.79. The summed E-state index contributed by atoms with van der Waals surface area (Å²) in [6.07, 6.45) is 1.18. The number of aromatic nitrogens is 1. The lowest BCUT2D eigenvalue weighted by Crippen LogP contribution is -2.27. The molecule has 5 nitrogen and oxygen atoms in total. The highest BCUT2D eigenvalue weighted by molar-refractivity contribution is 5.26. The van der Waals surface area contributed by atoms with Crippen LogP contribution in [0.5, 0.6) is 5.88 Å². The van der Waals surface area contributed by atoms with Crippen molar-refractivity contribution in [3.05, 3.63) is 11.3 Å². The zero-order valence-corrected chi connectivity index (χ0v) is 9.95. The molecule has 1 aliphatic heterocycles. The van der Waals surface area contributed by atoms with Gasteiger partial charge in [0.15, 0.2) is 5.76 Å². The summed E-state index contributed by atoms with van der Waals surface area (Å²) in [6, 6.07) is 0. The Hall–Kier alpha value is -1.07. The molecule has 1 fully saturated rings. The van der Waals surface area contributed by atoms with Crippen LogP contribution in [0, 0.1) is 6.92 Å². The maximum Gasteiger partial charge on any atom is 0.257 e. The summed E-state index contributed by atoms with van der Waals surface area (Å²) < 4.78 is 10.4. The summed E-state index contributed by atoms with van der Waals surface area (Å²) in [6.45, 7) is 7.13. The fraction of sp³-hybridized carbons (Fsp3) is 0.727. The van der Waals surface area contributed by atoms with E-state index in [-0.39, 0.29) is 0 Å². The van der Waals surface area contributed by atoms with Crippen LogP contribution in [-0.2, 0) is 6.54 Å². The normalized spacial score (nSPS) is 18.4. The smallest absolute Gasteiger partial charge is 0.257 e. The van der Waals surface area contributed by atoms with E-state index in [2.05, 4.69) is 15.4 Å². The van der Waals surface area contributed by atoms with Gasteiger partial charge in [0.05, 0.1) is 19.2 Å². The molecule has 0 unspecified atom stereocenters. The van der Waals surface area contributed by atoms with Crippen LogP contribution >= 0.6 is 0 Å². The van der Waals surface area contributed by atoms with Crippen LogP contribution in [-0.4, -0.2) is 43.3 Å². The highest BCUT2D eigenvalue weighted by Crippen LogP contribution is 2.21. The second kappa shape index (κ2) is 5.32. The number of ether oxygens (including phenoxy) is 1. The summed E-state index contributed by atoms with van der Waals surface area (Å²) in [5.74, 6) is 1.52. The van der Waals surface area contributed by atoms with E-state index in [1.54, 1.807) is 7.11 Å². The van der Waals surface area contributed by atoms with Crippen LogP contribution in [0.2, 0.25) is 0 Å². The molecule has 1 aliphatic rings. The van der Waals surface area contributed by atoms with Gasteiger partial charge in [-0.3, -0.25) is 4.90 Å². The second-order valence-electron chi connectivity index (χ2n) is 4.12. The van der Waals surface area contributed by atoms with Crippen LogP contribution in [0.15, 0.2) is 4.52 Å². The predicted molar refractivity (Wildman–Crippen MR) is 60.6 cm³/mol. The summed E-state index contributed by atoms with van der Waals surface area (Å²) in [4.78, 5) is 2.38. The van der Waals surface area contributed by atoms with E-state index in [0.29, 0.717) is 5.88 Å². The molecule has 0 aromatic carbocycles. The van der Waals surface area contributed by atoms with E-state index in [1.807, 2.05) is 6.92 Å². The van der Waals surface area contributed by atoms with Crippen molar-refractivity contribution in [1.29, 1.82) is 0 Å². The highest BCUT2D eigenvalue weighted by Gasteiger charge is 2.16. The first-order valence-electron chi connectivity index (χ1n) is 5.73. The van der Waals surface area contributed by atoms with Crippen molar-refractivity contribution in [2.24, 2.45) is 0 Å². The van der Waals surface area contributed by atoms with Crippen molar-refractivity contribution < 1.29 is 9.26 Å². The largest absolute Gasteiger partial charge is 0.479 e. The number of nitrogens with one attached hydrogen (secondary N) is 1. The molecule has 1 N–H and O–H groups in total. The van der Waals surface area contributed by atoms with Crippen LogP contribution < -0.4 is 10.1 Å². The van der Waals surface area contributed by atoms with Gasteiger partial charge in [0.25, 0.3) is 5.88 Å². The Morgan fingerprint density at radius 1 is 1.44 bits per heavy atom. The SMILES string of the molecule is COc1noc(CN2CCCNCC2)c1C. The van der Waals surface area contributed by atoms with Crippen molar-refractivity contribution in [3.8, 4) is 5.88 Å². The molecule has 0 amide bonds. The van der Waals surface area contributed by atoms with Crippen LogP contribution in [0.3, 0.4) is 0 Å². The lowest BCUT2D eigenvalue weighted by atomic mass is 10.2. The van der Waals surface area contributed by atoms with E-state index < -0.39 is 0 Å². The van der Waals surface area contributed by atoms with Gasteiger partial charge in [-0.2, -0.15) is 0 Å². The minimum atomic E-state index is 0.600. The molecule has 0 atom stereocenters. The molecule has 1 aromatic rings. The molecule has 1 saturated heterocycles. The maximum atomic E-state index is 5.29. The number of hydrogen-bond donors (Lipinski definition) is 1. The summed E-state index contributed by atoms with van der Waals surface area (Å²) in [7, 11) is 1.62. The topological polar surface area (TPSA) is 50.5 Å². The van der Waals surface area contributed by atoms with Crippen molar-refractivity contribution >= 4 is 0 Å². The Morgan fingerprint density at radius 2 is 2.31 bits per heavy atom. The molecule has 16 heavy (non-hydrogen) atoms. The average Bonchev–Trinajstić information content (AvgIpc) is 2.52.